The number of rotatable bonds is 5. The minimum absolute atomic E-state index is 0.0734. The fraction of sp³-hybridized carbons (Fsp3) is 0. The quantitative estimate of drug-likeness (QED) is 0.565. The average molecular weight is 326 g/mol. The molecule has 3 aromatic rings. The molecule has 0 unspecified atom stereocenters. The zero-order valence-corrected chi connectivity index (χ0v) is 12.1. The highest BCUT2D eigenvalue weighted by molar-refractivity contribution is 5.88. The lowest BCUT2D eigenvalue weighted by molar-refractivity contribution is -0.385. The summed E-state index contributed by atoms with van der Waals surface area (Å²) in [5.74, 6) is -1.50. The Labute approximate surface area is 134 Å². The van der Waals surface area contributed by atoms with E-state index in [9.17, 15) is 20.0 Å². The number of hydrogen-bond donors (Lipinski definition) is 1. The molecule has 0 saturated heterocycles. The zero-order chi connectivity index (χ0) is 17.1. The molecule has 0 spiro atoms. The number of aromatic nitrogens is 3. The molecule has 2 aromatic heterocycles. The second-order valence-corrected chi connectivity index (χ2v) is 4.63. The molecule has 1 aromatic carbocycles. The van der Waals surface area contributed by atoms with Gasteiger partial charge in [-0.1, -0.05) is 12.1 Å². The standard InChI is InChI=1S/C15H10N4O5/c20-15(21)14-13(9-18(17-14)10-4-3-7-16-8-10)24-12-6-2-1-5-11(12)19(22)23/h1-9H,(H,20,21). The number of para-hydroxylation sites is 2. The topological polar surface area (TPSA) is 120 Å². The molecule has 1 N–H and O–H groups in total. The van der Waals surface area contributed by atoms with Crippen LogP contribution in [0.2, 0.25) is 0 Å². The maximum absolute atomic E-state index is 11.4. The van der Waals surface area contributed by atoms with Gasteiger partial charge in [0.25, 0.3) is 0 Å². The Hall–Kier alpha value is -3.75. The van der Waals surface area contributed by atoms with Crippen LogP contribution in [-0.4, -0.2) is 30.8 Å². The summed E-state index contributed by atoms with van der Waals surface area (Å²) in [6.07, 6.45) is 4.39. The number of nitro groups is 1. The van der Waals surface area contributed by atoms with Crippen molar-refractivity contribution in [3.05, 3.63) is 70.8 Å². The Morgan fingerprint density at radius 2 is 2.00 bits per heavy atom. The first-order chi connectivity index (χ1) is 11.6. The molecule has 3 rings (SSSR count). The monoisotopic (exact) mass is 326 g/mol. The molecular weight excluding hydrogens is 316 g/mol. The number of hydrogen-bond acceptors (Lipinski definition) is 6. The number of carbonyl (C=O) groups is 1. The lowest BCUT2D eigenvalue weighted by Gasteiger charge is -2.04. The van der Waals surface area contributed by atoms with Crippen LogP contribution in [-0.2, 0) is 0 Å². The molecular formula is C15H10N4O5. The van der Waals surface area contributed by atoms with Crippen molar-refractivity contribution >= 4 is 11.7 Å². The van der Waals surface area contributed by atoms with Crippen LogP contribution in [0.15, 0.2) is 55.0 Å². The number of ether oxygens (including phenoxy) is 1. The van der Waals surface area contributed by atoms with Crippen LogP contribution in [0.3, 0.4) is 0 Å². The molecule has 0 amide bonds. The molecule has 0 aliphatic rings. The van der Waals surface area contributed by atoms with Crippen LogP contribution >= 0.6 is 0 Å². The van der Waals surface area contributed by atoms with Crippen molar-refractivity contribution in [3.8, 4) is 17.2 Å². The Kier molecular flexibility index (Phi) is 3.89. The minimum atomic E-state index is -1.31. The fourth-order valence-electron chi connectivity index (χ4n) is 2.02. The van der Waals surface area contributed by atoms with Gasteiger partial charge >= 0.3 is 11.7 Å². The molecule has 0 saturated carbocycles. The summed E-state index contributed by atoms with van der Waals surface area (Å²) in [5.41, 5.74) is -0.114. The van der Waals surface area contributed by atoms with Gasteiger partial charge in [0.15, 0.2) is 5.75 Å². The van der Waals surface area contributed by atoms with Crippen molar-refractivity contribution in [1.82, 2.24) is 14.8 Å². The van der Waals surface area contributed by atoms with Crippen molar-refractivity contribution < 1.29 is 19.6 Å². The second kappa shape index (κ2) is 6.16. The molecule has 0 aliphatic carbocycles. The van der Waals surface area contributed by atoms with Gasteiger partial charge in [-0.25, -0.2) is 9.48 Å². The minimum Gasteiger partial charge on any atom is -0.476 e. The predicted octanol–water partition coefficient (Wildman–Crippen LogP) is 2.67. The van der Waals surface area contributed by atoms with E-state index < -0.39 is 10.9 Å². The molecule has 0 fully saturated rings. The number of nitrogens with zero attached hydrogens (tertiary/aromatic N) is 4. The lowest BCUT2D eigenvalue weighted by atomic mass is 10.3. The molecule has 2 heterocycles. The SMILES string of the molecule is O=C(O)c1nn(-c2cccnc2)cc1Oc1ccccc1[N+](=O)[O-]. The van der Waals surface area contributed by atoms with Gasteiger partial charge in [0.05, 0.1) is 23.0 Å². The van der Waals surface area contributed by atoms with Crippen molar-refractivity contribution in [2.75, 3.05) is 0 Å². The van der Waals surface area contributed by atoms with Gasteiger partial charge in [-0.05, 0) is 18.2 Å². The summed E-state index contributed by atoms with van der Waals surface area (Å²) in [6, 6.07) is 9.03. The van der Waals surface area contributed by atoms with E-state index in [-0.39, 0.29) is 22.9 Å². The third-order valence-corrected chi connectivity index (χ3v) is 3.08. The summed E-state index contributed by atoms with van der Waals surface area (Å²) < 4.78 is 6.72. The largest absolute Gasteiger partial charge is 0.476 e. The zero-order valence-electron chi connectivity index (χ0n) is 12.1. The van der Waals surface area contributed by atoms with Gasteiger partial charge in [0, 0.05) is 12.3 Å². The molecule has 9 nitrogen and oxygen atoms in total. The van der Waals surface area contributed by atoms with Crippen molar-refractivity contribution in [2.45, 2.75) is 0 Å². The van der Waals surface area contributed by atoms with E-state index in [1.54, 1.807) is 24.4 Å². The highest BCUT2D eigenvalue weighted by Gasteiger charge is 2.22. The second-order valence-electron chi connectivity index (χ2n) is 4.63. The number of carboxylic acids is 1. The van der Waals surface area contributed by atoms with E-state index >= 15 is 0 Å². The summed E-state index contributed by atoms with van der Waals surface area (Å²) in [6.45, 7) is 0. The van der Waals surface area contributed by atoms with Gasteiger partial charge in [0.1, 0.15) is 0 Å². The molecule has 9 heteroatoms. The van der Waals surface area contributed by atoms with Crippen LogP contribution in [0.25, 0.3) is 5.69 Å². The Bertz CT molecular complexity index is 907. The summed E-state index contributed by atoms with van der Waals surface area (Å²) in [4.78, 5) is 25.7. The fourth-order valence-corrected chi connectivity index (χ4v) is 2.02. The van der Waals surface area contributed by atoms with Crippen molar-refractivity contribution in [2.24, 2.45) is 0 Å². The van der Waals surface area contributed by atoms with Gasteiger partial charge in [-0.15, -0.1) is 0 Å². The molecule has 120 valence electrons. The van der Waals surface area contributed by atoms with Crippen LogP contribution in [0.1, 0.15) is 10.5 Å². The van der Waals surface area contributed by atoms with E-state index in [0.717, 1.165) is 0 Å². The predicted molar refractivity (Wildman–Crippen MR) is 81.5 cm³/mol. The molecule has 0 aliphatic heterocycles. The smallest absolute Gasteiger partial charge is 0.360 e. The van der Waals surface area contributed by atoms with E-state index in [1.807, 2.05) is 0 Å². The van der Waals surface area contributed by atoms with Crippen molar-refractivity contribution in [3.63, 3.8) is 0 Å². The number of nitro benzene ring substituents is 1. The maximum atomic E-state index is 11.4. The van der Waals surface area contributed by atoms with Gasteiger partial charge in [-0.2, -0.15) is 5.10 Å². The summed E-state index contributed by atoms with van der Waals surface area (Å²) in [7, 11) is 0. The Balaban J connectivity index is 2.04. The number of benzene rings is 1. The number of aromatic carboxylic acids is 1. The first-order valence-electron chi connectivity index (χ1n) is 6.71. The third-order valence-electron chi connectivity index (χ3n) is 3.08. The van der Waals surface area contributed by atoms with E-state index in [4.69, 9.17) is 4.74 Å². The maximum Gasteiger partial charge on any atom is 0.360 e. The molecule has 0 bridgehead atoms. The lowest BCUT2D eigenvalue weighted by Crippen LogP contribution is -2.02. The first kappa shape index (κ1) is 15.2. The summed E-state index contributed by atoms with van der Waals surface area (Å²) >= 11 is 0. The highest BCUT2D eigenvalue weighted by Crippen LogP contribution is 2.32. The van der Waals surface area contributed by atoms with Gasteiger partial charge in [0.2, 0.25) is 11.4 Å². The van der Waals surface area contributed by atoms with Gasteiger partial charge in [-0.3, -0.25) is 15.1 Å². The van der Waals surface area contributed by atoms with E-state index in [1.165, 1.54) is 35.3 Å². The third kappa shape index (κ3) is 2.90. The highest BCUT2D eigenvalue weighted by atomic mass is 16.6. The van der Waals surface area contributed by atoms with Crippen molar-refractivity contribution in [1.29, 1.82) is 0 Å². The molecule has 24 heavy (non-hydrogen) atoms. The van der Waals surface area contributed by atoms with E-state index in [2.05, 4.69) is 10.1 Å². The van der Waals surface area contributed by atoms with Crippen LogP contribution in [0.4, 0.5) is 5.69 Å². The number of carboxylic acid groups (broad SMARTS) is 1. The van der Waals surface area contributed by atoms with Crippen LogP contribution in [0.5, 0.6) is 11.5 Å². The summed E-state index contributed by atoms with van der Waals surface area (Å²) in [5, 5.41) is 24.2. The van der Waals surface area contributed by atoms with Gasteiger partial charge < -0.3 is 9.84 Å². The van der Waals surface area contributed by atoms with Crippen LogP contribution < -0.4 is 4.74 Å². The Morgan fingerprint density at radius 1 is 1.21 bits per heavy atom. The van der Waals surface area contributed by atoms with E-state index in [0.29, 0.717) is 5.69 Å². The first-order valence-corrected chi connectivity index (χ1v) is 6.71. The number of pyridine rings is 1. The Morgan fingerprint density at radius 3 is 2.67 bits per heavy atom. The average Bonchev–Trinajstić information content (AvgIpc) is 3.00. The molecule has 0 atom stereocenters. The molecule has 0 radical (unpaired) electrons. The van der Waals surface area contributed by atoms with Crippen LogP contribution in [0, 0.1) is 10.1 Å². The normalized spacial score (nSPS) is 10.3.